The van der Waals surface area contributed by atoms with E-state index in [9.17, 15) is 5.11 Å². The Morgan fingerprint density at radius 3 is 2.88 bits per heavy atom. The molecule has 0 aliphatic carbocycles. The fourth-order valence-corrected chi connectivity index (χ4v) is 2.13. The summed E-state index contributed by atoms with van der Waals surface area (Å²) >= 11 is 0. The normalized spacial score (nSPS) is 30.4. The van der Waals surface area contributed by atoms with Crippen molar-refractivity contribution in [3.63, 3.8) is 0 Å². The van der Waals surface area contributed by atoms with Crippen LogP contribution in [0.2, 0.25) is 0 Å². The average molecular weight is 222 g/mol. The van der Waals surface area contributed by atoms with Gasteiger partial charge in [0.2, 0.25) is 0 Å². The first-order valence-corrected chi connectivity index (χ1v) is 5.55. The Kier molecular flexibility index (Phi) is 2.91. The molecule has 3 heteroatoms. The van der Waals surface area contributed by atoms with Gasteiger partial charge < -0.3 is 14.6 Å². The van der Waals surface area contributed by atoms with E-state index in [2.05, 4.69) is 0 Å². The van der Waals surface area contributed by atoms with Gasteiger partial charge in [-0.3, -0.25) is 0 Å². The van der Waals surface area contributed by atoms with Crippen LogP contribution in [0.1, 0.15) is 31.9 Å². The van der Waals surface area contributed by atoms with Crippen LogP contribution in [0.4, 0.5) is 0 Å². The number of ether oxygens (including phenoxy) is 2. The predicted molar refractivity (Wildman–Crippen MR) is 61.5 cm³/mol. The van der Waals surface area contributed by atoms with Gasteiger partial charge >= 0.3 is 0 Å². The Morgan fingerprint density at radius 2 is 2.19 bits per heavy atom. The van der Waals surface area contributed by atoms with Crippen LogP contribution in [0.15, 0.2) is 24.3 Å². The SMILES string of the molecule is COC(C)C1(C)CC(O)c2ccccc2O1. The molecule has 0 saturated heterocycles. The molecule has 3 atom stereocenters. The maximum Gasteiger partial charge on any atom is 0.135 e. The summed E-state index contributed by atoms with van der Waals surface area (Å²) in [4.78, 5) is 0. The molecule has 0 radical (unpaired) electrons. The molecule has 3 unspecified atom stereocenters. The Morgan fingerprint density at radius 1 is 1.50 bits per heavy atom. The standard InChI is InChI=1S/C13H18O3/c1-9(15-3)13(2)8-11(14)10-6-4-5-7-12(10)16-13/h4-7,9,11,14H,8H2,1-3H3. The van der Waals surface area contributed by atoms with Crippen LogP contribution in [0.3, 0.4) is 0 Å². The van der Waals surface area contributed by atoms with E-state index in [0.717, 1.165) is 11.3 Å². The highest BCUT2D eigenvalue weighted by atomic mass is 16.5. The van der Waals surface area contributed by atoms with Gasteiger partial charge in [0.1, 0.15) is 11.4 Å². The molecule has 1 aliphatic heterocycles. The molecule has 1 aromatic carbocycles. The topological polar surface area (TPSA) is 38.7 Å². The van der Waals surface area contributed by atoms with Crippen molar-refractivity contribution < 1.29 is 14.6 Å². The van der Waals surface area contributed by atoms with Crippen LogP contribution in [0, 0.1) is 0 Å². The molecule has 1 N–H and O–H groups in total. The molecule has 3 nitrogen and oxygen atoms in total. The van der Waals surface area contributed by atoms with Gasteiger partial charge in [-0.05, 0) is 19.9 Å². The van der Waals surface area contributed by atoms with Crippen molar-refractivity contribution in [1.29, 1.82) is 0 Å². The van der Waals surface area contributed by atoms with Gasteiger partial charge in [0, 0.05) is 19.1 Å². The minimum absolute atomic E-state index is 0.0597. The lowest BCUT2D eigenvalue weighted by molar-refractivity contribution is -0.0919. The third kappa shape index (κ3) is 1.81. The molecule has 1 heterocycles. The third-order valence-corrected chi connectivity index (χ3v) is 3.43. The molecule has 0 fully saturated rings. The maximum atomic E-state index is 10.1. The second kappa shape index (κ2) is 4.07. The average Bonchev–Trinajstić information content (AvgIpc) is 2.27. The quantitative estimate of drug-likeness (QED) is 0.834. The zero-order chi connectivity index (χ0) is 11.8. The molecule has 2 rings (SSSR count). The van der Waals surface area contributed by atoms with E-state index in [1.54, 1.807) is 7.11 Å². The molecule has 0 saturated carbocycles. The summed E-state index contributed by atoms with van der Waals surface area (Å²) in [5.74, 6) is 0.757. The molecule has 0 bridgehead atoms. The van der Waals surface area contributed by atoms with Gasteiger partial charge in [0.25, 0.3) is 0 Å². The zero-order valence-corrected chi connectivity index (χ0v) is 9.93. The first-order valence-electron chi connectivity index (χ1n) is 5.55. The molecule has 1 aromatic rings. The largest absolute Gasteiger partial charge is 0.484 e. The van der Waals surface area contributed by atoms with E-state index in [1.165, 1.54) is 0 Å². The number of hydrogen-bond donors (Lipinski definition) is 1. The highest BCUT2D eigenvalue weighted by Crippen LogP contribution is 2.41. The lowest BCUT2D eigenvalue weighted by Crippen LogP contribution is -2.47. The molecule has 88 valence electrons. The Labute approximate surface area is 96.0 Å². The van der Waals surface area contributed by atoms with Crippen molar-refractivity contribution in [3.8, 4) is 5.75 Å². The second-order valence-corrected chi connectivity index (χ2v) is 4.55. The first kappa shape index (κ1) is 11.4. The van der Waals surface area contributed by atoms with Crippen molar-refractivity contribution >= 4 is 0 Å². The zero-order valence-electron chi connectivity index (χ0n) is 9.93. The van der Waals surface area contributed by atoms with Gasteiger partial charge in [-0.2, -0.15) is 0 Å². The minimum atomic E-state index is -0.479. The summed E-state index contributed by atoms with van der Waals surface area (Å²) in [6.07, 6.45) is 0.0157. The van der Waals surface area contributed by atoms with Crippen LogP contribution in [0.25, 0.3) is 0 Å². The van der Waals surface area contributed by atoms with E-state index in [0.29, 0.717) is 6.42 Å². The Balaban J connectivity index is 2.33. The summed E-state index contributed by atoms with van der Waals surface area (Å²) in [7, 11) is 1.66. The summed E-state index contributed by atoms with van der Waals surface area (Å²) in [6, 6.07) is 7.61. The van der Waals surface area contributed by atoms with Crippen LogP contribution in [0.5, 0.6) is 5.75 Å². The molecular weight excluding hydrogens is 204 g/mol. The van der Waals surface area contributed by atoms with Gasteiger partial charge in [-0.15, -0.1) is 0 Å². The number of methoxy groups -OCH3 is 1. The van der Waals surface area contributed by atoms with E-state index in [1.807, 2.05) is 38.1 Å². The predicted octanol–water partition coefficient (Wildman–Crippen LogP) is 2.30. The molecule has 0 amide bonds. The number of rotatable bonds is 2. The second-order valence-electron chi connectivity index (χ2n) is 4.55. The highest BCUT2D eigenvalue weighted by Gasteiger charge is 2.41. The number of hydrogen-bond acceptors (Lipinski definition) is 3. The summed E-state index contributed by atoms with van der Waals surface area (Å²) in [6.45, 7) is 3.93. The Hall–Kier alpha value is -1.06. The fourth-order valence-electron chi connectivity index (χ4n) is 2.13. The van der Waals surface area contributed by atoms with Crippen molar-refractivity contribution in [2.75, 3.05) is 7.11 Å². The summed E-state index contributed by atoms with van der Waals surface area (Å²) < 4.78 is 11.3. The van der Waals surface area contributed by atoms with Gasteiger partial charge in [0.05, 0.1) is 12.2 Å². The van der Waals surface area contributed by atoms with Gasteiger partial charge in [-0.1, -0.05) is 18.2 Å². The molecule has 16 heavy (non-hydrogen) atoms. The lowest BCUT2D eigenvalue weighted by atomic mass is 9.86. The smallest absolute Gasteiger partial charge is 0.135 e. The highest BCUT2D eigenvalue weighted by molar-refractivity contribution is 5.38. The van der Waals surface area contributed by atoms with Crippen molar-refractivity contribution in [2.24, 2.45) is 0 Å². The van der Waals surface area contributed by atoms with Crippen LogP contribution in [-0.4, -0.2) is 23.9 Å². The molecule has 0 aromatic heterocycles. The van der Waals surface area contributed by atoms with Gasteiger partial charge in [-0.25, -0.2) is 0 Å². The number of para-hydroxylation sites is 1. The van der Waals surface area contributed by atoms with Crippen LogP contribution < -0.4 is 4.74 Å². The van der Waals surface area contributed by atoms with E-state index >= 15 is 0 Å². The molecule has 0 spiro atoms. The lowest BCUT2D eigenvalue weighted by Gasteiger charge is -2.41. The third-order valence-electron chi connectivity index (χ3n) is 3.43. The number of benzene rings is 1. The van der Waals surface area contributed by atoms with Crippen molar-refractivity contribution in [2.45, 2.75) is 38.1 Å². The number of fused-ring (bicyclic) bond motifs is 1. The molecular formula is C13H18O3. The van der Waals surface area contributed by atoms with Crippen LogP contribution in [-0.2, 0) is 4.74 Å². The molecule has 1 aliphatic rings. The van der Waals surface area contributed by atoms with E-state index < -0.39 is 11.7 Å². The van der Waals surface area contributed by atoms with Gasteiger partial charge in [0.15, 0.2) is 0 Å². The van der Waals surface area contributed by atoms with Crippen LogP contribution >= 0.6 is 0 Å². The maximum absolute atomic E-state index is 10.1. The van der Waals surface area contributed by atoms with Crippen molar-refractivity contribution in [1.82, 2.24) is 0 Å². The first-order chi connectivity index (χ1) is 7.57. The van der Waals surface area contributed by atoms with Crippen molar-refractivity contribution in [3.05, 3.63) is 29.8 Å². The summed E-state index contributed by atoms with van der Waals surface area (Å²) in [5, 5.41) is 10.1. The fraction of sp³-hybridized carbons (Fsp3) is 0.538. The minimum Gasteiger partial charge on any atom is -0.484 e. The monoisotopic (exact) mass is 222 g/mol. The number of aliphatic hydroxyl groups excluding tert-OH is 1. The summed E-state index contributed by atoms with van der Waals surface area (Å²) in [5.41, 5.74) is 0.394. The van der Waals surface area contributed by atoms with E-state index in [4.69, 9.17) is 9.47 Å². The van der Waals surface area contributed by atoms with E-state index in [-0.39, 0.29) is 6.10 Å². The Bertz CT molecular complexity index is 377. The number of aliphatic hydroxyl groups is 1.